The van der Waals surface area contributed by atoms with Crippen molar-refractivity contribution < 1.29 is 24.1 Å². The average molecular weight is 720 g/mol. The summed E-state index contributed by atoms with van der Waals surface area (Å²) in [6.45, 7) is 7.78. The summed E-state index contributed by atoms with van der Waals surface area (Å²) < 4.78 is 21.5. The molecule has 4 atom stereocenters. The first kappa shape index (κ1) is 35.4. The van der Waals surface area contributed by atoms with Gasteiger partial charge < -0.3 is 24.2 Å². The summed E-state index contributed by atoms with van der Waals surface area (Å²) in [5.74, 6) is 0.685. The molecule has 1 N–H and O–H groups in total. The van der Waals surface area contributed by atoms with Crippen molar-refractivity contribution in [2.75, 3.05) is 25.7 Å². The second kappa shape index (κ2) is 14.2. The van der Waals surface area contributed by atoms with Crippen LogP contribution in [0.2, 0.25) is 18.6 Å². The van der Waals surface area contributed by atoms with E-state index in [0.717, 1.165) is 28.3 Å². The second-order valence-electron chi connectivity index (χ2n) is 14.2. The lowest BCUT2D eigenvalue weighted by Crippen LogP contribution is -2.51. The summed E-state index contributed by atoms with van der Waals surface area (Å²) in [6.07, 6.45) is 4.30. The van der Waals surface area contributed by atoms with Gasteiger partial charge in [-0.25, -0.2) is 0 Å². The molecule has 1 amide bonds. The molecular formula is C40H45N5O6Si. The smallest absolute Gasteiger partial charge is 0.297 e. The van der Waals surface area contributed by atoms with Gasteiger partial charge in [-0.1, -0.05) is 72.9 Å². The van der Waals surface area contributed by atoms with Gasteiger partial charge >= 0.3 is 0 Å². The lowest BCUT2D eigenvalue weighted by Gasteiger charge is -2.37. The molecule has 7 rings (SSSR count). The number of carbonyl (C=O) groups excluding carboxylic acids is 1. The number of aromatic nitrogens is 4. The highest BCUT2D eigenvalue weighted by molar-refractivity contribution is 6.91. The van der Waals surface area contributed by atoms with Crippen molar-refractivity contribution in [2.24, 2.45) is 5.92 Å². The van der Waals surface area contributed by atoms with Gasteiger partial charge in [0.25, 0.3) is 11.5 Å². The predicted octanol–water partition coefficient (Wildman–Crippen LogP) is 4.83. The van der Waals surface area contributed by atoms with E-state index >= 15 is 4.79 Å². The molecule has 0 bridgehead atoms. The summed E-state index contributed by atoms with van der Waals surface area (Å²) in [5.41, 5.74) is 2.29. The molecule has 3 aromatic carbocycles. The van der Waals surface area contributed by atoms with Crippen molar-refractivity contribution in [3.8, 4) is 17.2 Å². The Bertz CT molecular complexity index is 2120. The van der Waals surface area contributed by atoms with Gasteiger partial charge in [0.1, 0.15) is 5.75 Å². The fraction of sp³-hybridized carbons (Fsp3) is 0.350. The average Bonchev–Trinajstić information content (AvgIpc) is 3.81. The Morgan fingerprint density at radius 3 is 2.44 bits per heavy atom. The Morgan fingerprint density at radius 2 is 1.73 bits per heavy atom. The number of methoxy groups -OCH3 is 2. The number of pyridine rings is 1. The first-order valence-corrected chi connectivity index (χ1v) is 20.8. The highest BCUT2D eigenvalue weighted by Crippen LogP contribution is 2.60. The number of amides is 1. The van der Waals surface area contributed by atoms with Crippen LogP contribution < -0.4 is 25.1 Å². The second-order valence-corrected chi connectivity index (χ2v) is 18.9. The highest BCUT2D eigenvalue weighted by Gasteiger charge is 2.66. The molecule has 4 heterocycles. The van der Waals surface area contributed by atoms with Gasteiger partial charge in [0.15, 0.2) is 11.4 Å². The molecule has 1 fully saturated rings. The highest BCUT2D eigenvalue weighted by atomic mass is 28.3. The lowest BCUT2D eigenvalue weighted by molar-refractivity contribution is -0.146. The number of ether oxygens (including phenoxy) is 3. The fourth-order valence-electron chi connectivity index (χ4n) is 8.41. The van der Waals surface area contributed by atoms with E-state index in [1.54, 1.807) is 34.7 Å². The molecule has 1 spiro atoms. The zero-order valence-corrected chi connectivity index (χ0v) is 31.2. The van der Waals surface area contributed by atoms with Crippen LogP contribution in [-0.2, 0) is 34.6 Å². The number of aliphatic hydroxyl groups excluding tert-OH is 1. The number of aliphatic hydroxyl groups is 1. The molecule has 270 valence electrons. The minimum atomic E-state index is -2.39. The summed E-state index contributed by atoms with van der Waals surface area (Å²) in [6, 6.07) is 27.5. The molecule has 12 heteroatoms. The maximum atomic E-state index is 15.3. The monoisotopic (exact) mass is 719 g/mol. The molecule has 0 unspecified atom stereocenters. The summed E-state index contributed by atoms with van der Waals surface area (Å²) >= 11 is 0. The maximum Gasteiger partial charge on any atom is 0.297 e. The number of aryl methyl sites for hydroxylation is 1. The van der Waals surface area contributed by atoms with E-state index in [4.69, 9.17) is 14.2 Å². The van der Waals surface area contributed by atoms with Crippen molar-refractivity contribution in [1.82, 2.24) is 19.6 Å². The zero-order chi connectivity index (χ0) is 36.6. The van der Waals surface area contributed by atoms with Crippen LogP contribution in [0.5, 0.6) is 11.5 Å². The van der Waals surface area contributed by atoms with E-state index in [2.05, 4.69) is 42.5 Å². The van der Waals surface area contributed by atoms with Crippen LogP contribution in [0.1, 0.15) is 30.2 Å². The van der Waals surface area contributed by atoms with Gasteiger partial charge in [0.05, 0.1) is 46.3 Å². The van der Waals surface area contributed by atoms with Crippen molar-refractivity contribution in [1.29, 1.82) is 0 Å². The van der Waals surface area contributed by atoms with Crippen molar-refractivity contribution in [3.63, 3.8) is 0 Å². The van der Waals surface area contributed by atoms with E-state index in [9.17, 15) is 9.90 Å². The first-order chi connectivity index (χ1) is 25.1. The third-order valence-corrected chi connectivity index (χ3v) is 15.4. The Morgan fingerprint density at radius 1 is 0.962 bits per heavy atom. The van der Waals surface area contributed by atoms with Crippen molar-refractivity contribution in [3.05, 3.63) is 124 Å². The Hall–Kier alpha value is -5.04. The number of hydrogen-bond donors (Lipinski definition) is 1. The molecule has 52 heavy (non-hydrogen) atoms. The number of rotatable bonds is 12. The Balaban J connectivity index is 1.36. The standard InChI is InChI=1S/C40H45N5O6Si/c1-27-37(52(4,5)32-16-14-31(49-2)15-17-32)35(19-22-43-26-29(20-23-46)41-42-43)51-40(27)33-24-30(44-21-9-12-36(50-3)38(44)47)13-18-34(33)45(39(40)48)25-28-10-7-6-8-11-28/h6-18,21,24,26-27,35,37,46H,19-20,22-23,25H2,1-5H3/t27-,35+,37-,40+/m1/s1. The topological polar surface area (TPSA) is 121 Å². The van der Waals surface area contributed by atoms with Crippen LogP contribution >= 0.6 is 0 Å². The normalized spacial score (nSPS) is 21.2. The third-order valence-electron chi connectivity index (χ3n) is 11.0. The van der Waals surface area contributed by atoms with Gasteiger partial charge in [0, 0.05) is 49.1 Å². The van der Waals surface area contributed by atoms with E-state index < -0.39 is 13.7 Å². The number of fused-ring (bicyclic) bond motifs is 2. The minimum Gasteiger partial charge on any atom is -0.497 e. The van der Waals surface area contributed by atoms with E-state index in [-0.39, 0.29) is 41.4 Å². The van der Waals surface area contributed by atoms with Crippen LogP contribution in [0.25, 0.3) is 5.69 Å². The SMILES string of the molecule is COc1ccc([Si](C)(C)[C@H]2[C@H](CCn3cc(CCO)nn3)O[C@@]3(C(=O)N(Cc4ccccc4)c4ccc(-n5cccc(OC)c5=O)cc43)[C@@H]2C)cc1. The number of hydrogen-bond acceptors (Lipinski definition) is 8. The predicted molar refractivity (Wildman–Crippen MR) is 201 cm³/mol. The number of benzene rings is 3. The maximum absolute atomic E-state index is 15.3. The molecule has 0 saturated carbocycles. The number of anilines is 1. The summed E-state index contributed by atoms with van der Waals surface area (Å²) in [4.78, 5) is 30.6. The Kier molecular flexibility index (Phi) is 9.64. The van der Waals surface area contributed by atoms with Crippen LogP contribution in [0.3, 0.4) is 0 Å². The zero-order valence-electron chi connectivity index (χ0n) is 30.2. The summed E-state index contributed by atoms with van der Waals surface area (Å²) in [7, 11) is 0.751. The van der Waals surface area contributed by atoms with Crippen molar-refractivity contribution >= 4 is 24.9 Å². The van der Waals surface area contributed by atoms with Gasteiger partial charge in [-0.15, -0.1) is 5.10 Å². The molecule has 1 saturated heterocycles. The third kappa shape index (κ3) is 6.04. The van der Waals surface area contributed by atoms with Crippen LogP contribution in [-0.4, -0.2) is 65.6 Å². The van der Waals surface area contributed by atoms with Crippen LogP contribution in [0.4, 0.5) is 5.69 Å². The first-order valence-electron chi connectivity index (χ1n) is 17.7. The van der Waals surface area contributed by atoms with Crippen LogP contribution in [0, 0.1) is 5.92 Å². The van der Waals surface area contributed by atoms with Crippen molar-refractivity contribution in [2.45, 2.75) is 63.2 Å². The lowest BCUT2D eigenvalue weighted by atomic mass is 9.82. The summed E-state index contributed by atoms with van der Waals surface area (Å²) in [5, 5.41) is 19.2. The molecule has 5 aromatic rings. The molecule has 2 aromatic heterocycles. The minimum absolute atomic E-state index is 0.000928. The van der Waals surface area contributed by atoms with Gasteiger partial charge in [-0.2, -0.15) is 0 Å². The molecule has 11 nitrogen and oxygen atoms in total. The number of nitrogens with zero attached hydrogens (tertiary/aromatic N) is 5. The quantitative estimate of drug-likeness (QED) is 0.182. The van der Waals surface area contributed by atoms with Crippen LogP contribution in [0.15, 0.2) is 102 Å². The largest absolute Gasteiger partial charge is 0.497 e. The van der Waals surface area contributed by atoms with Gasteiger partial charge in [-0.05, 0) is 60.0 Å². The molecule has 0 radical (unpaired) electrons. The molecule has 2 aliphatic rings. The van der Waals surface area contributed by atoms with E-state index in [1.807, 2.05) is 71.8 Å². The van der Waals surface area contributed by atoms with E-state index in [1.165, 1.54) is 12.3 Å². The van der Waals surface area contributed by atoms with E-state index in [0.29, 0.717) is 31.6 Å². The Labute approximate surface area is 304 Å². The fourth-order valence-corrected chi connectivity index (χ4v) is 12.5. The van der Waals surface area contributed by atoms with Gasteiger partial charge in [-0.3, -0.25) is 18.8 Å². The van der Waals surface area contributed by atoms with Gasteiger partial charge in [0.2, 0.25) is 0 Å². The molecule has 2 aliphatic heterocycles. The molecular weight excluding hydrogens is 675 g/mol. The molecule has 0 aliphatic carbocycles. The number of carbonyl (C=O) groups is 1.